The third kappa shape index (κ3) is 2.53. The summed E-state index contributed by atoms with van der Waals surface area (Å²) in [5.41, 5.74) is 1.17. The zero-order valence-corrected chi connectivity index (χ0v) is 17.5. The van der Waals surface area contributed by atoms with Gasteiger partial charge in [-0.15, -0.1) is 0 Å². The molecule has 3 aromatic rings. The standard InChI is InChI=1S/C23H27N5O2/c1-29-19-6-18(7-20(8-19)30-2)21-25-3-4-27(21)22-9-16-5-17(10-22)12-23(11-16,13-22)28-15-24-14-26-28/h3-4,6-8,14-17H,5,9-13H2,1-2H3. The van der Waals surface area contributed by atoms with E-state index in [1.807, 2.05) is 18.6 Å². The van der Waals surface area contributed by atoms with Crippen molar-refractivity contribution >= 4 is 0 Å². The molecule has 7 rings (SSSR count). The molecule has 0 N–H and O–H groups in total. The topological polar surface area (TPSA) is 67.0 Å². The number of imidazole rings is 1. The highest BCUT2D eigenvalue weighted by atomic mass is 16.5. The minimum atomic E-state index is 0.0676. The van der Waals surface area contributed by atoms with Gasteiger partial charge in [-0.05, 0) is 62.5 Å². The number of ether oxygens (including phenoxy) is 2. The van der Waals surface area contributed by atoms with Crippen LogP contribution in [0.3, 0.4) is 0 Å². The zero-order chi connectivity index (χ0) is 20.3. The fourth-order valence-corrected chi connectivity index (χ4v) is 7.01. The van der Waals surface area contributed by atoms with E-state index in [9.17, 15) is 0 Å². The number of nitrogens with zero attached hydrogens (tertiary/aromatic N) is 5. The molecule has 4 fully saturated rings. The van der Waals surface area contributed by atoms with Gasteiger partial charge in [-0.25, -0.2) is 14.6 Å². The molecule has 2 atom stereocenters. The average molecular weight is 406 g/mol. The lowest BCUT2D eigenvalue weighted by atomic mass is 9.49. The first-order valence-corrected chi connectivity index (χ1v) is 10.8. The van der Waals surface area contributed by atoms with Crippen molar-refractivity contribution in [3.8, 4) is 22.9 Å². The van der Waals surface area contributed by atoms with Gasteiger partial charge in [0.15, 0.2) is 0 Å². The van der Waals surface area contributed by atoms with Gasteiger partial charge in [0.1, 0.15) is 30.0 Å². The van der Waals surface area contributed by atoms with Crippen molar-refractivity contribution in [3.63, 3.8) is 0 Å². The number of aromatic nitrogens is 5. The van der Waals surface area contributed by atoms with Gasteiger partial charge < -0.3 is 14.0 Å². The quantitative estimate of drug-likeness (QED) is 0.645. The van der Waals surface area contributed by atoms with Gasteiger partial charge in [0.25, 0.3) is 0 Å². The summed E-state index contributed by atoms with van der Waals surface area (Å²) >= 11 is 0. The Kier molecular flexibility index (Phi) is 3.80. The normalized spacial score (nSPS) is 31.8. The summed E-state index contributed by atoms with van der Waals surface area (Å²) in [6.45, 7) is 0. The number of hydrogen-bond acceptors (Lipinski definition) is 5. The van der Waals surface area contributed by atoms with Crippen LogP contribution in [0, 0.1) is 11.8 Å². The zero-order valence-electron chi connectivity index (χ0n) is 17.5. The smallest absolute Gasteiger partial charge is 0.140 e. The molecule has 2 unspecified atom stereocenters. The summed E-state index contributed by atoms with van der Waals surface area (Å²) in [6, 6.07) is 6.01. The van der Waals surface area contributed by atoms with Gasteiger partial charge in [-0.3, -0.25) is 0 Å². The summed E-state index contributed by atoms with van der Waals surface area (Å²) in [7, 11) is 3.37. The highest BCUT2D eigenvalue weighted by molar-refractivity contribution is 5.62. The second-order valence-corrected chi connectivity index (χ2v) is 9.47. The Bertz CT molecular complexity index is 1040. The molecule has 4 saturated carbocycles. The summed E-state index contributed by atoms with van der Waals surface area (Å²) in [6.07, 6.45) is 15.0. The van der Waals surface area contributed by atoms with E-state index in [1.54, 1.807) is 20.5 Å². The first kappa shape index (κ1) is 18.0. The largest absolute Gasteiger partial charge is 0.497 e. The second kappa shape index (κ2) is 6.33. The van der Waals surface area contributed by atoms with Gasteiger partial charge in [0.05, 0.1) is 19.8 Å². The number of rotatable bonds is 5. The summed E-state index contributed by atoms with van der Waals surface area (Å²) in [4.78, 5) is 9.07. The molecule has 4 aliphatic rings. The van der Waals surface area contributed by atoms with E-state index >= 15 is 0 Å². The molecule has 7 nitrogen and oxygen atoms in total. The molecule has 4 aliphatic carbocycles. The predicted octanol–water partition coefficient (Wildman–Crippen LogP) is 3.86. The molecule has 0 amide bonds. The first-order chi connectivity index (χ1) is 14.6. The molecule has 7 heteroatoms. The fourth-order valence-electron chi connectivity index (χ4n) is 7.01. The van der Waals surface area contributed by atoms with Crippen molar-refractivity contribution in [2.45, 2.75) is 49.6 Å². The van der Waals surface area contributed by atoms with Crippen LogP contribution in [-0.4, -0.2) is 38.5 Å². The second-order valence-electron chi connectivity index (χ2n) is 9.47. The van der Waals surface area contributed by atoms with Crippen LogP contribution in [0.15, 0.2) is 43.2 Å². The van der Waals surface area contributed by atoms with Crippen LogP contribution < -0.4 is 9.47 Å². The summed E-state index contributed by atoms with van der Waals surface area (Å²) in [5, 5.41) is 4.59. The predicted molar refractivity (Wildman–Crippen MR) is 111 cm³/mol. The van der Waals surface area contributed by atoms with Crippen LogP contribution in [0.5, 0.6) is 11.5 Å². The van der Waals surface area contributed by atoms with Gasteiger partial charge in [0.2, 0.25) is 0 Å². The average Bonchev–Trinajstić information content (AvgIpc) is 3.45. The van der Waals surface area contributed by atoms with Crippen molar-refractivity contribution in [1.29, 1.82) is 0 Å². The van der Waals surface area contributed by atoms with E-state index in [0.29, 0.717) is 0 Å². The van der Waals surface area contributed by atoms with Gasteiger partial charge in [-0.2, -0.15) is 5.10 Å². The van der Waals surface area contributed by atoms with Crippen LogP contribution in [-0.2, 0) is 11.1 Å². The monoisotopic (exact) mass is 405 g/mol. The first-order valence-electron chi connectivity index (χ1n) is 10.8. The third-order valence-electron chi connectivity index (χ3n) is 7.67. The highest BCUT2D eigenvalue weighted by Gasteiger charge is 2.60. The Morgan fingerprint density at radius 1 is 0.967 bits per heavy atom. The Hall–Kier alpha value is -2.83. The molecular weight excluding hydrogens is 378 g/mol. The van der Waals surface area contributed by atoms with Crippen molar-refractivity contribution in [2.24, 2.45) is 11.8 Å². The molecule has 4 bridgehead atoms. The Balaban J connectivity index is 1.46. The van der Waals surface area contributed by atoms with Gasteiger partial charge in [-0.1, -0.05) is 0 Å². The Labute approximate surface area is 176 Å². The van der Waals surface area contributed by atoms with Crippen molar-refractivity contribution < 1.29 is 9.47 Å². The Morgan fingerprint density at radius 3 is 2.30 bits per heavy atom. The van der Waals surface area contributed by atoms with Gasteiger partial charge >= 0.3 is 0 Å². The van der Waals surface area contributed by atoms with Crippen LogP contribution in [0.2, 0.25) is 0 Å². The lowest BCUT2D eigenvalue weighted by molar-refractivity contribution is -0.0968. The van der Waals surface area contributed by atoms with E-state index in [1.165, 1.54) is 32.1 Å². The van der Waals surface area contributed by atoms with E-state index in [0.717, 1.165) is 41.1 Å². The van der Waals surface area contributed by atoms with Crippen molar-refractivity contribution in [2.75, 3.05) is 14.2 Å². The molecule has 0 saturated heterocycles. The van der Waals surface area contributed by atoms with Crippen LogP contribution in [0.4, 0.5) is 0 Å². The minimum Gasteiger partial charge on any atom is -0.497 e. The van der Waals surface area contributed by atoms with Crippen LogP contribution in [0.1, 0.15) is 38.5 Å². The maximum atomic E-state index is 5.51. The minimum absolute atomic E-state index is 0.0676. The molecule has 30 heavy (non-hydrogen) atoms. The molecule has 156 valence electrons. The molecule has 2 aromatic heterocycles. The number of benzene rings is 1. The van der Waals surface area contributed by atoms with Gasteiger partial charge in [0, 0.05) is 29.6 Å². The lowest BCUT2D eigenvalue weighted by Crippen LogP contribution is -2.60. The third-order valence-corrected chi connectivity index (χ3v) is 7.67. The van der Waals surface area contributed by atoms with Crippen LogP contribution >= 0.6 is 0 Å². The van der Waals surface area contributed by atoms with E-state index in [-0.39, 0.29) is 11.1 Å². The lowest BCUT2D eigenvalue weighted by Gasteiger charge is -2.62. The summed E-state index contributed by atoms with van der Waals surface area (Å²) < 4.78 is 15.6. The molecule has 0 spiro atoms. The summed E-state index contributed by atoms with van der Waals surface area (Å²) in [5.74, 6) is 4.01. The van der Waals surface area contributed by atoms with Crippen molar-refractivity contribution in [3.05, 3.63) is 43.2 Å². The molecule has 1 aromatic carbocycles. The fraction of sp³-hybridized carbons (Fsp3) is 0.522. The van der Waals surface area contributed by atoms with Crippen LogP contribution in [0.25, 0.3) is 11.4 Å². The van der Waals surface area contributed by atoms with Crippen molar-refractivity contribution in [1.82, 2.24) is 24.3 Å². The molecule has 0 radical (unpaired) electrons. The number of methoxy groups -OCH3 is 2. The van der Waals surface area contributed by atoms with E-state index in [4.69, 9.17) is 14.5 Å². The molecule has 2 heterocycles. The maximum absolute atomic E-state index is 5.51. The molecule has 0 aliphatic heterocycles. The maximum Gasteiger partial charge on any atom is 0.140 e. The number of hydrogen-bond donors (Lipinski definition) is 0. The Morgan fingerprint density at radius 2 is 1.67 bits per heavy atom. The van der Waals surface area contributed by atoms with E-state index < -0.39 is 0 Å². The SMILES string of the molecule is COc1cc(OC)cc(-c2nccn2C23CC4CC(CC(n5cncn5)(C4)C2)C3)c1. The molecular formula is C23H27N5O2. The van der Waals surface area contributed by atoms with E-state index in [2.05, 4.69) is 37.7 Å². The highest BCUT2D eigenvalue weighted by Crippen LogP contribution is 2.63.